The van der Waals surface area contributed by atoms with Crippen LogP contribution in [0.5, 0.6) is 5.75 Å². The molecule has 3 rings (SSSR count). The summed E-state index contributed by atoms with van der Waals surface area (Å²) in [6, 6.07) is 17.1. The van der Waals surface area contributed by atoms with Crippen LogP contribution in [0, 0.1) is 0 Å². The minimum absolute atomic E-state index is 0.533. The summed E-state index contributed by atoms with van der Waals surface area (Å²) < 4.78 is 0. The lowest BCUT2D eigenvalue weighted by Gasteiger charge is -2.08. The van der Waals surface area contributed by atoms with E-state index in [-0.39, 0.29) is 0 Å². The van der Waals surface area contributed by atoms with Crippen molar-refractivity contribution in [1.82, 2.24) is 20.6 Å². The van der Waals surface area contributed by atoms with Crippen molar-refractivity contribution >= 4 is 5.69 Å². The molecule has 0 radical (unpaired) electrons. The van der Waals surface area contributed by atoms with Crippen LogP contribution in [0.1, 0.15) is 0 Å². The molecule has 1 aromatic heterocycles. The van der Waals surface area contributed by atoms with Crippen molar-refractivity contribution in [1.29, 1.82) is 0 Å². The molecule has 0 atom stereocenters. The van der Waals surface area contributed by atoms with Crippen LogP contribution >= 0.6 is 0 Å². The molecular weight excluding hydrogens is 242 g/mol. The molecular formula is C13H11N5O. The number of hydrogen-bond acceptors (Lipinski definition) is 5. The van der Waals surface area contributed by atoms with Gasteiger partial charge in [-0.25, -0.2) is 5.48 Å². The van der Waals surface area contributed by atoms with Gasteiger partial charge in [0.25, 0.3) is 0 Å². The van der Waals surface area contributed by atoms with E-state index >= 15 is 0 Å². The van der Waals surface area contributed by atoms with Crippen LogP contribution in [-0.2, 0) is 0 Å². The van der Waals surface area contributed by atoms with E-state index in [0.29, 0.717) is 11.6 Å². The smallest absolute Gasteiger partial charge is 0.204 e. The Morgan fingerprint density at radius 2 is 1.89 bits per heavy atom. The monoisotopic (exact) mass is 253 g/mol. The highest BCUT2D eigenvalue weighted by Crippen LogP contribution is 2.20. The predicted octanol–water partition coefficient (Wildman–Crippen LogP) is 2.27. The van der Waals surface area contributed by atoms with Gasteiger partial charge >= 0.3 is 0 Å². The van der Waals surface area contributed by atoms with E-state index in [9.17, 15) is 0 Å². The molecule has 94 valence electrons. The Morgan fingerprint density at radius 3 is 2.68 bits per heavy atom. The minimum atomic E-state index is 0.533. The number of para-hydroxylation sites is 1. The number of H-pyrrole nitrogens is 1. The molecule has 0 saturated carbocycles. The van der Waals surface area contributed by atoms with Crippen molar-refractivity contribution in [2.45, 2.75) is 0 Å². The molecule has 0 aliphatic rings. The summed E-state index contributed by atoms with van der Waals surface area (Å²) in [5.41, 5.74) is 4.59. The first kappa shape index (κ1) is 11.2. The van der Waals surface area contributed by atoms with E-state index in [4.69, 9.17) is 4.84 Å². The third-order valence-corrected chi connectivity index (χ3v) is 2.50. The van der Waals surface area contributed by atoms with E-state index in [1.165, 1.54) is 0 Å². The molecule has 6 heteroatoms. The normalized spacial score (nSPS) is 10.1. The Balaban J connectivity index is 1.74. The summed E-state index contributed by atoms with van der Waals surface area (Å²) in [4.78, 5) is 5.49. The molecule has 19 heavy (non-hydrogen) atoms. The van der Waals surface area contributed by atoms with Crippen LogP contribution in [0.4, 0.5) is 5.69 Å². The fraction of sp³-hybridized carbons (Fsp3) is 0. The lowest BCUT2D eigenvalue weighted by atomic mass is 10.2. The third kappa shape index (κ3) is 2.68. The first-order chi connectivity index (χ1) is 9.42. The van der Waals surface area contributed by atoms with Crippen molar-refractivity contribution in [2.24, 2.45) is 0 Å². The number of hydrogen-bond donors (Lipinski definition) is 2. The number of benzene rings is 2. The summed E-state index contributed by atoms with van der Waals surface area (Å²) in [5.74, 6) is 1.20. The molecule has 0 fully saturated rings. The van der Waals surface area contributed by atoms with E-state index in [1.807, 2.05) is 54.6 Å². The zero-order chi connectivity index (χ0) is 12.9. The quantitative estimate of drug-likeness (QED) is 0.697. The van der Waals surface area contributed by atoms with Crippen LogP contribution in [0.15, 0.2) is 54.6 Å². The van der Waals surface area contributed by atoms with Crippen molar-refractivity contribution in [3.63, 3.8) is 0 Å². The van der Waals surface area contributed by atoms with Gasteiger partial charge in [-0.3, -0.25) is 0 Å². The van der Waals surface area contributed by atoms with E-state index < -0.39 is 0 Å². The summed E-state index contributed by atoms with van der Waals surface area (Å²) >= 11 is 0. The van der Waals surface area contributed by atoms with Gasteiger partial charge in [-0.2, -0.15) is 5.21 Å². The summed E-state index contributed by atoms with van der Waals surface area (Å²) in [7, 11) is 0. The van der Waals surface area contributed by atoms with Gasteiger partial charge in [0.2, 0.25) is 5.82 Å². The molecule has 1 heterocycles. The summed E-state index contributed by atoms with van der Waals surface area (Å²) in [6.45, 7) is 0. The largest absolute Gasteiger partial charge is 0.382 e. The SMILES string of the molecule is c1ccc(NOc2cccc(-c3nn[nH]n3)c2)cc1. The molecule has 2 N–H and O–H groups in total. The van der Waals surface area contributed by atoms with Gasteiger partial charge < -0.3 is 4.84 Å². The van der Waals surface area contributed by atoms with Crippen molar-refractivity contribution in [3.8, 4) is 17.1 Å². The Hall–Kier alpha value is -2.89. The average Bonchev–Trinajstić information content (AvgIpc) is 3.01. The van der Waals surface area contributed by atoms with Crippen molar-refractivity contribution in [3.05, 3.63) is 54.6 Å². The number of anilines is 1. The van der Waals surface area contributed by atoms with Gasteiger partial charge in [-0.05, 0) is 29.5 Å². The Labute approximate surface area is 109 Å². The molecule has 0 aliphatic carbocycles. The fourth-order valence-electron chi connectivity index (χ4n) is 1.61. The highest BCUT2D eigenvalue weighted by molar-refractivity contribution is 5.56. The zero-order valence-corrected chi connectivity index (χ0v) is 9.95. The molecule has 2 aromatic carbocycles. The van der Waals surface area contributed by atoms with E-state index in [0.717, 1.165) is 11.3 Å². The Morgan fingerprint density at radius 1 is 1.00 bits per heavy atom. The minimum Gasteiger partial charge on any atom is -0.382 e. The lowest BCUT2D eigenvalue weighted by Crippen LogP contribution is -2.04. The second kappa shape index (κ2) is 5.18. The molecule has 0 amide bonds. The van der Waals surface area contributed by atoms with Crippen LogP contribution in [-0.4, -0.2) is 20.6 Å². The highest BCUT2D eigenvalue weighted by atomic mass is 16.6. The molecule has 0 spiro atoms. The van der Waals surface area contributed by atoms with Gasteiger partial charge in [0.05, 0.1) is 5.69 Å². The molecule has 0 unspecified atom stereocenters. The molecule has 0 aliphatic heterocycles. The van der Waals surface area contributed by atoms with Gasteiger partial charge in [0.1, 0.15) is 0 Å². The fourth-order valence-corrected chi connectivity index (χ4v) is 1.61. The van der Waals surface area contributed by atoms with Gasteiger partial charge in [0, 0.05) is 5.56 Å². The van der Waals surface area contributed by atoms with Crippen LogP contribution < -0.4 is 10.3 Å². The van der Waals surface area contributed by atoms with E-state index in [2.05, 4.69) is 26.1 Å². The third-order valence-electron chi connectivity index (χ3n) is 2.50. The maximum Gasteiger partial charge on any atom is 0.204 e. The lowest BCUT2D eigenvalue weighted by molar-refractivity contribution is 0.405. The number of aromatic nitrogens is 4. The maximum atomic E-state index is 5.49. The maximum absolute atomic E-state index is 5.49. The molecule has 0 saturated heterocycles. The number of nitrogens with zero attached hydrogens (tertiary/aromatic N) is 3. The van der Waals surface area contributed by atoms with Crippen molar-refractivity contribution < 1.29 is 4.84 Å². The Kier molecular flexibility index (Phi) is 3.05. The van der Waals surface area contributed by atoms with Crippen molar-refractivity contribution in [2.75, 3.05) is 5.48 Å². The average molecular weight is 253 g/mol. The molecule has 3 aromatic rings. The van der Waals surface area contributed by atoms with Crippen LogP contribution in [0.3, 0.4) is 0 Å². The molecule has 6 nitrogen and oxygen atoms in total. The first-order valence-corrected chi connectivity index (χ1v) is 5.73. The first-order valence-electron chi connectivity index (χ1n) is 5.73. The Bertz CT molecular complexity index is 639. The topological polar surface area (TPSA) is 75.7 Å². The summed E-state index contributed by atoms with van der Waals surface area (Å²) in [6.07, 6.45) is 0. The standard InChI is InChI=1S/C13H11N5O/c1-2-6-11(7-3-1)16-19-12-8-4-5-10(9-12)13-14-17-18-15-13/h1-9,16H,(H,14,15,17,18). The second-order valence-electron chi connectivity index (χ2n) is 3.83. The van der Waals surface area contributed by atoms with Gasteiger partial charge in [0.15, 0.2) is 5.75 Å². The van der Waals surface area contributed by atoms with Gasteiger partial charge in [-0.1, -0.05) is 30.3 Å². The zero-order valence-electron chi connectivity index (χ0n) is 9.95. The number of nitrogens with one attached hydrogen (secondary N) is 2. The predicted molar refractivity (Wildman–Crippen MR) is 70.3 cm³/mol. The summed E-state index contributed by atoms with van der Waals surface area (Å²) in [5, 5.41) is 13.8. The van der Waals surface area contributed by atoms with Gasteiger partial charge in [-0.15, -0.1) is 10.2 Å². The van der Waals surface area contributed by atoms with E-state index in [1.54, 1.807) is 0 Å². The number of aromatic amines is 1. The number of rotatable bonds is 4. The molecule has 0 bridgehead atoms. The highest BCUT2D eigenvalue weighted by Gasteiger charge is 2.04. The number of tetrazole rings is 1. The van der Waals surface area contributed by atoms with Crippen LogP contribution in [0.2, 0.25) is 0 Å². The second-order valence-corrected chi connectivity index (χ2v) is 3.83. The van der Waals surface area contributed by atoms with Crippen LogP contribution in [0.25, 0.3) is 11.4 Å².